The predicted octanol–water partition coefficient (Wildman–Crippen LogP) is -0.800. The van der Waals surface area contributed by atoms with Crippen molar-refractivity contribution < 1.29 is 75.4 Å². The van der Waals surface area contributed by atoms with Crippen molar-refractivity contribution in [2.24, 2.45) is 0 Å². The smallest absolute Gasteiger partial charge is 0.550 e. The number of furan rings is 1. The van der Waals surface area contributed by atoms with Gasteiger partial charge in [0, 0.05) is 42.7 Å². The molecule has 1 aromatic carbocycles. The standard InChI is InChI=1S/C17H12N2O6S2.K/c20-15(21)7-8-18-16(22)14(27-17(18)26)9-12-5-6-13(25-12)10-1-3-11(4-2-10)19(23)24;/h1-6,9H,7-8H2,(H,20,21);/q;+1/p-1. The van der Waals surface area contributed by atoms with E-state index in [4.69, 9.17) is 16.6 Å². The second kappa shape index (κ2) is 9.92. The minimum absolute atomic E-state index is 0. The van der Waals surface area contributed by atoms with Crippen molar-refractivity contribution in [3.8, 4) is 11.3 Å². The van der Waals surface area contributed by atoms with Crippen molar-refractivity contribution in [2.45, 2.75) is 6.42 Å². The largest absolute Gasteiger partial charge is 1.00 e. The van der Waals surface area contributed by atoms with E-state index in [1.807, 2.05) is 0 Å². The number of non-ortho nitro benzene ring substituents is 1. The van der Waals surface area contributed by atoms with Gasteiger partial charge in [-0.15, -0.1) is 0 Å². The number of thioether (sulfide) groups is 1. The zero-order chi connectivity index (χ0) is 19.6. The molecule has 0 spiro atoms. The van der Waals surface area contributed by atoms with E-state index in [-0.39, 0.29) is 80.3 Å². The van der Waals surface area contributed by atoms with Crippen LogP contribution >= 0.6 is 24.0 Å². The van der Waals surface area contributed by atoms with Gasteiger partial charge in [0.2, 0.25) is 0 Å². The molecule has 3 rings (SSSR count). The first kappa shape index (κ1) is 22.9. The number of carbonyl (C=O) groups is 2. The van der Waals surface area contributed by atoms with Gasteiger partial charge >= 0.3 is 51.4 Å². The van der Waals surface area contributed by atoms with E-state index < -0.39 is 10.9 Å². The van der Waals surface area contributed by atoms with Gasteiger partial charge in [-0.3, -0.25) is 19.8 Å². The molecule has 1 saturated heterocycles. The minimum atomic E-state index is -1.26. The maximum absolute atomic E-state index is 12.3. The molecular weight excluding hydrogens is 431 g/mol. The summed E-state index contributed by atoms with van der Waals surface area (Å²) in [6.07, 6.45) is 1.22. The zero-order valence-corrected chi connectivity index (χ0v) is 19.4. The summed E-state index contributed by atoms with van der Waals surface area (Å²) in [4.78, 5) is 34.7. The first-order chi connectivity index (χ1) is 12.8. The van der Waals surface area contributed by atoms with Crippen LogP contribution in [0.25, 0.3) is 17.4 Å². The number of hydrogen-bond acceptors (Lipinski definition) is 8. The fraction of sp³-hybridized carbons (Fsp3) is 0.118. The third-order valence-corrected chi connectivity index (χ3v) is 5.05. The van der Waals surface area contributed by atoms with Gasteiger partial charge in [-0.2, -0.15) is 0 Å². The van der Waals surface area contributed by atoms with E-state index in [1.165, 1.54) is 23.1 Å². The molecular formula is C17H11KN2O6S2. The molecule has 0 bridgehead atoms. The molecule has 0 atom stereocenters. The summed E-state index contributed by atoms with van der Waals surface area (Å²) < 4.78 is 5.94. The number of thiocarbonyl (C=S) groups is 1. The number of rotatable bonds is 6. The van der Waals surface area contributed by atoms with Crippen LogP contribution in [0.2, 0.25) is 0 Å². The van der Waals surface area contributed by atoms with E-state index in [9.17, 15) is 24.8 Å². The van der Waals surface area contributed by atoms with Crippen LogP contribution in [-0.4, -0.2) is 32.6 Å². The van der Waals surface area contributed by atoms with Crippen LogP contribution in [0.1, 0.15) is 12.2 Å². The number of carboxylic acids is 1. The van der Waals surface area contributed by atoms with Crippen molar-refractivity contribution in [3.05, 3.63) is 57.2 Å². The predicted molar refractivity (Wildman–Crippen MR) is 100 cm³/mol. The third-order valence-electron chi connectivity index (χ3n) is 3.68. The monoisotopic (exact) mass is 442 g/mol. The van der Waals surface area contributed by atoms with Gasteiger partial charge in [-0.25, -0.2) is 0 Å². The molecule has 0 aliphatic carbocycles. The van der Waals surface area contributed by atoms with E-state index in [0.29, 0.717) is 22.0 Å². The summed E-state index contributed by atoms with van der Waals surface area (Å²) in [6.45, 7) is -0.0451. The molecule has 8 nitrogen and oxygen atoms in total. The van der Waals surface area contributed by atoms with Crippen molar-refractivity contribution in [2.75, 3.05) is 6.54 Å². The van der Waals surface area contributed by atoms with Crippen molar-refractivity contribution in [1.29, 1.82) is 0 Å². The van der Waals surface area contributed by atoms with Crippen LogP contribution in [0.3, 0.4) is 0 Å². The van der Waals surface area contributed by atoms with Gasteiger partial charge in [0.05, 0.1) is 9.83 Å². The van der Waals surface area contributed by atoms with Crippen molar-refractivity contribution in [3.63, 3.8) is 0 Å². The van der Waals surface area contributed by atoms with Gasteiger partial charge in [0.1, 0.15) is 15.8 Å². The maximum Gasteiger partial charge on any atom is 1.00 e. The van der Waals surface area contributed by atoms with Crippen LogP contribution < -0.4 is 56.5 Å². The first-order valence-corrected chi connectivity index (χ1v) is 8.87. The van der Waals surface area contributed by atoms with Crippen LogP contribution in [0.4, 0.5) is 5.69 Å². The van der Waals surface area contributed by atoms with E-state index >= 15 is 0 Å². The molecule has 11 heteroatoms. The Morgan fingerprint density at radius 1 is 1.25 bits per heavy atom. The Labute approximate surface area is 211 Å². The SMILES string of the molecule is O=C([O-])CCN1C(=O)C(=Cc2ccc(-c3ccc([N+](=O)[O-])cc3)o2)SC1=S.[K+]. The quantitative estimate of drug-likeness (QED) is 0.188. The molecule has 0 N–H and O–H groups in total. The Bertz CT molecular complexity index is 970. The average molecular weight is 443 g/mol. The van der Waals surface area contributed by atoms with Crippen LogP contribution in [0.5, 0.6) is 0 Å². The number of nitrogens with zero attached hydrogens (tertiary/aromatic N) is 2. The van der Waals surface area contributed by atoms with Crippen molar-refractivity contribution >= 4 is 51.9 Å². The Morgan fingerprint density at radius 3 is 2.54 bits per heavy atom. The molecule has 1 aliphatic rings. The minimum Gasteiger partial charge on any atom is -0.550 e. The number of nitro groups is 1. The summed E-state index contributed by atoms with van der Waals surface area (Å²) in [6, 6.07) is 9.23. The molecule has 2 aromatic rings. The van der Waals surface area contributed by atoms with Gasteiger partial charge in [0.15, 0.2) is 0 Å². The first-order valence-electron chi connectivity index (χ1n) is 7.65. The summed E-state index contributed by atoms with van der Waals surface area (Å²) in [5.74, 6) is -0.751. The summed E-state index contributed by atoms with van der Waals surface area (Å²) in [5, 5.41) is 21.3. The van der Waals surface area contributed by atoms with E-state index in [0.717, 1.165) is 11.8 Å². The number of hydrogen-bond donors (Lipinski definition) is 0. The number of nitro benzene ring substituents is 1. The molecule has 1 amide bonds. The molecule has 0 unspecified atom stereocenters. The number of aliphatic carboxylic acids is 1. The molecule has 1 aliphatic heterocycles. The second-order valence-corrected chi connectivity index (χ2v) is 7.14. The Hall–Kier alpha value is -1.34. The number of carbonyl (C=O) groups excluding carboxylic acids is 2. The summed E-state index contributed by atoms with van der Waals surface area (Å²) in [5.41, 5.74) is 0.632. The van der Waals surface area contributed by atoms with E-state index in [1.54, 1.807) is 24.3 Å². The van der Waals surface area contributed by atoms with E-state index in [2.05, 4.69) is 0 Å². The molecule has 2 heterocycles. The Balaban J connectivity index is 0.00000280. The Kier molecular flexibility index (Phi) is 8.13. The average Bonchev–Trinajstić information content (AvgIpc) is 3.19. The summed E-state index contributed by atoms with van der Waals surface area (Å²) in [7, 11) is 0. The van der Waals surface area contributed by atoms with Gasteiger partial charge in [0.25, 0.3) is 11.6 Å². The topological polar surface area (TPSA) is 117 Å². The molecule has 28 heavy (non-hydrogen) atoms. The molecule has 138 valence electrons. The van der Waals surface area contributed by atoms with Gasteiger partial charge < -0.3 is 14.3 Å². The second-order valence-electron chi connectivity index (χ2n) is 5.46. The van der Waals surface area contributed by atoms with Gasteiger partial charge in [-0.1, -0.05) is 24.0 Å². The molecule has 0 saturated carbocycles. The number of carboxylic acid groups (broad SMARTS) is 1. The summed E-state index contributed by atoms with van der Waals surface area (Å²) >= 11 is 6.17. The Morgan fingerprint density at radius 2 is 1.93 bits per heavy atom. The molecule has 0 radical (unpaired) electrons. The maximum atomic E-state index is 12.3. The van der Waals surface area contributed by atoms with Crippen molar-refractivity contribution in [1.82, 2.24) is 4.90 Å². The van der Waals surface area contributed by atoms with Crippen LogP contribution in [0.15, 0.2) is 45.7 Å². The zero-order valence-electron chi connectivity index (χ0n) is 14.6. The van der Waals surface area contributed by atoms with Crippen LogP contribution in [-0.2, 0) is 9.59 Å². The fourth-order valence-electron chi connectivity index (χ4n) is 2.36. The fourth-order valence-corrected chi connectivity index (χ4v) is 3.65. The third kappa shape index (κ3) is 5.38. The molecule has 1 fully saturated rings. The normalized spacial score (nSPS) is 15.0. The molecule has 1 aromatic heterocycles. The van der Waals surface area contributed by atoms with Crippen LogP contribution in [0, 0.1) is 10.1 Å². The number of amides is 1. The number of benzene rings is 1. The van der Waals surface area contributed by atoms with Gasteiger partial charge in [-0.05, 0) is 24.3 Å².